The normalized spacial score (nSPS) is 18.8. The number of rotatable bonds is 8. The lowest BCUT2D eigenvalue weighted by molar-refractivity contribution is -0.150. The minimum absolute atomic E-state index is 0.260. The number of hydrogen-bond acceptors (Lipinski definition) is 4. The molecular formula is C30H32BrF3N4. The van der Waals surface area contributed by atoms with E-state index in [0.29, 0.717) is 25.0 Å². The standard InChI is InChI=1S/C30H32BrF3N4/c1-4-36(17-16-21-10-6-5-7-11-21)19-27-28(30(32,33)34)35-29-37(25-12-8-9-13-26(25)38(27)29)24-15-14-22(20(2)3)18-23(24)31/h5-15,18,20,27-28H,4,16-17,19H2,1-3H3. The molecule has 2 aliphatic heterocycles. The highest BCUT2D eigenvalue weighted by atomic mass is 79.9. The van der Waals surface area contributed by atoms with Crippen molar-refractivity contribution in [2.24, 2.45) is 4.99 Å². The van der Waals surface area contributed by atoms with Crippen LogP contribution in [0.15, 0.2) is 82.3 Å². The molecule has 2 heterocycles. The van der Waals surface area contributed by atoms with Gasteiger partial charge in [0, 0.05) is 17.6 Å². The maximum absolute atomic E-state index is 14.5. The van der Waals surface area contributed by atoms with Crippen LogP contribution in [0.1, 0.15) is 37.8 Å². The Hall–Kier alpha value is -2.84. The average molecular weight is 586 g/mol. The largest absolute Gasteiger partial charge is 0.412 e. The highest BCUT2D eigenvalue weighted by molar-refractivity contribution is 9.10. The van der Waals surface area contributed by atoms with Crippen molar-refractivity contribution >= 4 is 39.0 Å². The van der Waals surface area contributed by atoms with Gasteiger partial charge in [0.05, 0.1) is 23.1 Å². The van der Waals surface area contributed by atoms with Crippen LogP contribution in [-0.4, -0.2) is 48.8 Å². The third kappa shape index (κ3) is 5.08. The molecule has 38 heavy (non-hydrogen) atoms. The van der Waals surface area contributed by atoms with Crippen molar-refractivity contribution in [2.45, 2.75) is 51.4 Å². The summed E-state index contributed by atoms with van der Waals surface area (Å²) in [6, 6.07) is 21.1. The van der Waals surface area contributed by atoms with Gasteiger partial charge in [-0.3, -0.25) is 4.90 Å². The van der Waals surface area contributed by atoms with E-state index in [1.807, 2.05) is 77.4 Å². The Morgan fingerprint density at radius 1 is 0.947 bits per heavy atom. The molecule has 0 N–H and O–H groups in total. The summed E-state index contributed by atoms with van der Waals surface area (Å²) < 4.78 is 44.2. The van der Waals surface area contributed by atoms with Crippen molar-refractivity contribution in [1.82, 2.24) is 4.90 Å². The first kappa shape index (κ1) is 26.8. The van der Waals surface area contributed by atoms with Crippen LogP contribution in [0.25, 0.3) is 0 Å². The summed E-state index contributed by atoms with van der Waals surface area (Å²) >= 11 is 3.69. The molecule has 4 nitrogen and oxygen atoms in total. The van der Waals surface area contributed by atoms with Crippen molar-refractivity contribution in [3.63, 3.8) is 0 Å². The first-order chi connectivity index (χ1) is 18.2. The second-order valence-corrected chi connectivity index (χ2v) is 11.0. The smallest absolute Gasteiger partial charge is 0.303 e. The number of likely N-dealkylation sites (N-methyl/N-ethyl adjacent to an activating group) is 1. The summed E-state index contributed by atoms with van der Waals surface area (Å²) in [6.45, 7) is 7.83. The number of anilines is 3. The molecule has 3 aromatic rings. The first-order valence-electron chi connectivity index (χ1n) is 13.1. The topological polar surface area (TPSA) is 22.1 Å². The average Bonchev–Trinajstić information content (AvgIpc) is 3.42. The Labute approximate surface area is 230 Å². The summed E-state index contributed by atoms with van der Waals surface area (Å²) in [7, 11) is 0. The highest BCUT2D eigenvalue weighted by Crippen LogP contribution is 2.49. The number of benzene rings is 3. The van der Waals surface area contributed by atoms with E-state index in [0.717, 1.165) is 33.5 Å². The summed E-state index contributed by atoms with van der Waals surface area (Å²) in [5.74, 6) is 0.664. The molecule has 0 saturated heterocycles. The molecule has 0 radical (unpaired) electrons. The number of nitrogens with zero attached hydrogens (tertiary/aromatic N) is 4. The number of halogens is 4. The maximum atomic E-state index is 14.5. The Balaban J connectivity index is 1.51. The number of guanidine groups is 1. The van der Waals surface area contributed by atoms with Crippen LogP contribution in [0.5, 0.6) is 0 Å². The molecule has 3 aromatic carbocycles. The molecule has 2 atom stereocenters. The molecule has 200 valence electrons. The van der Waals surface area contributed by atoms with E-state index < -0.39 is 18.3 Å². The van der Waals surface area contributed by atoms with Gasteiger partial charge in [-0.2, -0.15) is 13.2 Å². The van der Waals surface area contributed by atoms with Gasteiger partial charge in [0.25, 0.3) is 0 Å². The van der Waals surface area contributed by atoms with Crippen LogP contribution in [0.4, 0.5) is 30.2 Å². The minimum Gasteiger partial charge on any atom is -0.303 e. The van der Waals surface area contributed by atoms with Gasteiger partial charge in [0.2, 0.25) is 5.96 Å². The summed E-state index contributed by atoms with van der Waals surface area (Å²) in [4.78, 5) is 10.2. The zero-order valence-electron chi connectivity index (χ0n) is 21.8. The predicted octanol–water partition coefficient (Wildman–Crippen LogP) is 7.76. The van der Waals surface area contributed by atoms with Gasteiger partial charge in [-0.25, -0.2) is 4.99 Å². The summed E-state index contributed by atoms with van der Waals surface area (Å²) in [5, 5.41) is 0. The fourth-order valence-electron chi connectivity index (χ4n) is 5.33. The van der Waals surface area contributed by atoms with Gasteiger partial charge in [-0.05, 0) is 70.2 Å². The maximum Gasteiger partial charge on any atom is 0.412 e. The Morgan fingerprint density at radius 2 is 1.63 bits per heavy atom. The second kappa shape index (κ2) is 10.7. The first-order valence-corrected chi connectivity index (χ1v) is 13.9. The van der Waals surface area contributed by atoms with Crippen molar-refractivity contribution < 1.29 is 13.2 Å². The quantitative estimate of drug-likeness (QED) is 0.270. The van der Waals surface area contributed by atoms with E-state index in [-0.39, 0.29) is 6.54 Å². The Kier molecular flexibility index (Phi) is 7.56. The molecule has 0 saturated carbocycles. The number of alkyl halides is 3. The summed E-state index contributed by atoms with van der Waals surface area (Å²) in [5.41, 5.74) is 4.70. The van der Waals surface area contributed by atoms with Crippen molar-refractivity contribution in [1.29, 1.82) is 0 Å². The molecule has 0 spiro atoms. The Morgan fingerprint density at radius 3 is 2.26 bits per heavy atom. The lowest BCUT2D eigenvalue weighted by Gasteiger charge is -2.33. The summed E-state index contributed by atoms with van der Waals surface area (Å²) in [6.07, 6.45) is -3.68. The molecule has 0 aromatic heterocycles. The lowest BCUT2D eigenvalue weighted by atomic mass is 10.0. The fourth-order valence-corrected chi connectivity index (χ4v) is 5.90. The van der Waals surface area contributed by atoms with Crippen LogP contribution >= 0.6 is 15.9 Å². The van der Waals surface area contributed by atoms with E-state index in [4.69, 9.17) is 0 Å². The molecule has 5 rings (SSSR count). The second-order valence-electron chi connectivity index (χ2n) is 10.2. The highest BCUT2D eigenvalue weighted by Gasteiger charge is 2.56. The van der Waals surface area contributed by atoms with Crippen molar-refractivity contribution in [3.8, 4) is 0 Å². The molecule has 0 fully saturated rings. The van der Waals surface area contributed by atoms with E-state index in [1.165, 1.54) is 5.56 Å². The Bertz CT molecular complexity index is 1310. The molecule has 0 aliphatic carbocycles. The molecule has 8 heteroatoms. The van der Waals surface area contributed by atoms with Crippen LogP contribution in [-0.2, 0) is 6.42 Å². The number of fused-ring (bicyclic) bond motifs is 3. The van der Waals surface area contributed by atoms with Gasteiger partial charge in [-0.1, -0.05) is 69.3 Å². The van der Waals surface area contributed by atoms with E-state index in [2.05, 4.69) is 51.8 Å². The number of aliphatic imine (C=N–C) groups is 1. The zero-order valence-corrected chi connectivity index (χ0v) is 23.4. The third-order valence-corrected chi connectivity index (χ3v) is 8.05. The molecule has 2 aliphatic rings. The van der Waals surface area contributed by atoms with Crippen LogP contribution in [0.2, 0.25) is 0 Å². The van der Waals surface area contributed by atoms with Gasteiger partial charge >= 0.3 is 6.18 Å². The third-order valence-electron chi connectivity index (χ3n) is 7.41. The van der Waals surface area contributed by atoms with Crippen molar-refractivity contribution in [3.05, 3.63) is 88.4 Å². The predicted molar refractivity (Wildman–Crippen MR) is 153 cm³/mol. The van der Waals surface area contributed by atoms with Crippen LogP contribution in [0, 0.1) is 0 Å². The van der Waals surface area contributed by atoms with Gasteiger partial charge < -0.3 is 9.80 Å². The number of hydrogen-bond donors (Lipinski definition) is 0. The fraction of sp³-hybridized carbons (Fsp3) is 0.367. The van der Waals surface area contributed by atoms with E-state index >= 15 is 0 Å². The van der Waals surface area contributed by atoms with E-state index in [1.54, 1.807) is 0 Å². The minimum atomic E-state index is -4.46. The van der Waals surface area contributed by atoms with Crippen LogP contribution < -0.4 is 9.80 Å². The van der Waals surface area contributed by atoms with Gasteiger partial charge in [0.1, 0.15) is 0 Å². The monoisotopic (exact) mass is 584 g/mol. The van der Waals surface area contributed by atoms with Gasteiger partial charge in [-0.15, -0.1) is 0 Å². The zero-order chi connectivity index (χ0) is 27.0. The van der Waals surface area contributed by atoms with Crippen LogP contribution in [0.3, 0.4) is 0 Å². The SMILES string of the molecule is CCN(CCc1ccccc1)CC1C(C(F)(F)F)N=C2N(c3ccc(C(C)C)cc3Br)c3ccccc3N21. The molecule has 2 unspecified atom stereocenters. The molecule has 0 amide bonds. The molecular weight excluding hydrogens is 553 g/mol. The van der Waals surface area contributed by atoms with E-state index in [9.17, 15) is 13.2 Å². The number of para-hydroxylation sites is 2. The van der Waals surface area contributed by atoms with Crippen molar-refractivity contribution in [2.75, 3.05) is 29.4 Å². The lowest BCUT2D eigenvalue weighted by Crippen LogP contribution is -2.52. The molecule has 0 bridgehead atoms. The van der Waals surface area contributed by atoms with Gasteiger partial charge in [0.15, 0.2) is 6.04 Å².